The molecule has 2 N–H and O–H groups in total. The Bertz CT molecular complexity index is 470. The largest absolute Gasteiger partial charge is 0.399 e. The van der Waals surface area contributed by atoms with E-state index in [2.05, 4.69) is 24.8 Å². The number of amides is 1. The molecule has 1 aliphatic rings. The molecule has 0 spiro atoms. The van der Waals surface area contributed by atoms with Crippen molar-refractivity contribution in [2.75, 3.05) is 18.8 Å². The lowest BCUT2D eigenvalue weighted by Crippen LogP contribution is -2.31. The molecule has 1 unspecified atom stereocenters. The third-order valence-electron chi connectivity index (χ3n) is 4.64. The number of anilines is 1. The number of carbonyl (C=O) groups is 1. The Morgan fingerprint density at radius 2 is 2.14 bits per heavy atom. The summed E-state index contributed by atoms with van der Waals surface area (Å²) >= 11 is 0. The number of rotatable bonds is 5. The maximum Gasteiger partial charge on any atom is 0.222 e. The second-order valence-electron chi connectivity index (χ2n) is 6.56. The summed E-state index contributed by atoms with van der Waals surface area (Å²) in [5.74, 6) is 1.73. The highest BCUT2D eigenvalue weighted by atomic mass is 16.2. The molecule has 21 heavy (non-hydrogen) atoms. The van der Waals surface area contributed by atoms with E-state index in [1.165, 1.54) is 5.56 Å². The standard InChI is InChI=1S/C18H28N2O/c1-14(2)16-8-9-18(21)20(12-10-16)11-4-6-15-5-3-7-17(19)13-15/h3,5,7,13-14,16H,4,6,8-12,19H2,1-2H3. The topological polar surface area (TPSA) is 46.3 Å². The van der Waals surface area contributed by atoms with Crippen molar-refractivity contribution < 1.29 is 4.79 Å². The summed E-state index contributed by atoms with van der Waals surface area (Å²) in [5, 5.41) is 0. The number of aryl methyl sites for hydroxylation is 1. The molecule has 0 radical (unpaired) electrons. The van der Waals surface area contributed by atoms with Gasteiger partial charge >= 0.3 is 0 Å². The molecule has 1 amide bonds. The molecule has 2 rings (SSSR count). The van der Waals surface area contributed by atoms with E-state index in [1.54, 1.807) is 0 Å². The summed E-state index contributed by atoms with van der Waals surface area (Å²) in [7, 11) is 0. The van der Waals surface area contributed by atoms with Gasteiger partial charge in [-0.1, -0.05) is 26.0 Å². The van der Waals surface area contributed by atoms with Crippen LogP contribution in [0.4, 0.5) is 5.69 Å². The average molecular weight is 288 g/mol. The van der Waals surface area contributed by atoms with E-state index in [9.17, 15) is 4.79 Å². The van der Waals surface area contributed by atoms with Gasteiger partial charge in [-0.25, -0.2) is 0 Å². The van der Waals surface area contributed by atoms with Crippen LogP contribution in [-0.4, -0.2) is 23.9 Å². The van der Waals surface area contributed by atoms with Crippen LogP contribution in [0, 0.1) is 11.8 Å². The highest BCUT2D eigenvalue weighted by molar-refractivity contribution is 5.76. The van der Waals surface area contributed by atoms with Gasteiger partial charge in [0.1, 0.15) is 0 Å². The zero-order chi connectivity index (χ0) is 15.2. The summed E-state index contributed by atoms with van der Waals surface area (Å²) in [4.78, 5) is 14.2. The number of hydrogen-bond acceptors (Lipinski definition) is 2. The third-order valence-corrected chi connectivity index (χ3v) is 4.64. The summed E-state index contributed by atoms with van der Waals surface area (Å²) in [6, 6.07) is 8.04. The van der Waals surface area contributed by atoms with E-state index in [4.69, 9.17) is 5.73 Å². The first kappa shape index (κ1) is 15.9. The van der Waals surface area contributed by atoms with Crippen LogP contribution in [0.5, 0.6) is 0 Å². The first-order valence-electron chi connectivity index (χ1n) is 8.18. The molecule has 3 heteroatoms. The zero-order valence-corrected chi connectivity index (χ0v) is 13.3. The van der Waals surface area contributed by atoms with Gasteiger partial charge in [-0.2, -0.15) is 0 Å². The molecular weight excluding hydrogens is 260 g/mol. The molecule has 0 bridgehead atoms. The molecule has 0 aliphatic carbocycles. The highest BCUT2D eigenvalue weighted by Gasteiger charge is 2.23. The summed E-state index contributed by atoms with van der Waals surface area (Å²) < 4.78 is 0. The molecule has 116 valence electrons. The van der Waals surface area contributed by atoms with Crippen LogP contribution in [0.15, 0.2) is 24.3 Å². The minimum Gasteiger partial charge on any atom is -0.399 e. The monoisotopic (exact) mass is 288 g/mol. The van der Waals surface area contributed by atoms with Crippen LogP contribution >= 0.6 is 0 Å². The second kappa shape index (κ2) is 7.48. The van der Waals surface area contributed by atoms with Crippen molar-refractivity contribution in [2.45, 2.75) is 46.0 Å². The fourth-order valence-electron chi connectivity index (χ4n) is 3.18. The Kier molecular flexibility index (Phi) is 5.66. The molecule has 1 aromatic carbocycles. The zero-order valence-electron chi connectivity index (χ0n) is 13.3. The Morgan fingerprint density at radius 1 is 1.33 bits per heavy atom. The fraction of sp³-hybridized carbons (Fsp3) is 0.611. The van der Waals surface area contributed by atoms with E-state index in [0.717, 1.165) is 50.9 Å². The van der Waals surface area contributed by atoms with Crippen molar-refractivity contribution in [2.24, 2.45) is 11.8 Å². The maximum absolute atomic E-state index is 12.2. The molecule has 1 aromatic rings. The minimum absolute atomic E-state index is 0.339. The first-order valence-corrected chi connectivity index (χ1v) is 8.18. The second-order valence-corrected chi connectivity index (χ2v) is 6.56. The number of hydrogen-bond donors (Lipinski definition) is 1. The molecule has 1 heterocycles. The maximum atomic E-state index is 12.2. The summed E-state index contributed by atoms with van der Waals surface area (Å²) in [6.45, 7) is 6.34. The van der Waals surface area contributed by atoms with Gasteiger partial charge in [0.25, 0.3) is 0 Å². The average Bonchev–Trinajstić information content (AvgIpc) is 2.62. The molecule has 1 aliphatic heterocycles. The van der Waals surface area contributed by atoms with Crippen molar-refractivity contribution in [3.8, 4) is 0 Å². The molecule has 0 aromatic heterocycles. The highest BCUT2D eigenvalue weighted by Crippen LogP contribution is 2.25. The number of benzene rings is 1. The van der Waals surface area contributed by atoms with Crippen molar-refractivity contribution >= 4 is 11.6 Å². The Balaban J connectivity index is 1.81. The van der Waals surface area contributed by atoms with E-state index in [0.29, 0.717) is 17.7 Å². The van der Waals surface area contributed by atoms with Crippen LogP contribution in [0.1, 0.15) is 45.1 Å². The van der Waals surface area contributed by atoms with Crippen LogP contribution < -0.4 is 5.73 Å². The Hall–Kier alpha value is -1.51. The molecule has 0 saturated carbocycles. The van der Waals surface area contributed by atoms with Gasteiger partial charge in [0.15, 0.2) is 0 Å². The van der Waals surface area contributed by atoms with Gasteiger partial charge in [-0.3, -0.25) is 4.79 Å². The molecule has 3 nitrogen and oxygen atoms in total. The number of nitrogen functional groups attached to an aromatic ring is 1. The molecular formula is C18H28N2O. The number of likely N-dealkylation sites (tertiary alicyclic amines) is 1. The fourth-order valence-corrected chi connectivity index (χ4v) is 3.18. The molecule has 1 fully saturated rings. The summed E-state index contributed by atoms with van der Waals surface area (Å²) in [6.07, 6.45) is 4.94. The third kappa shape index (κ3) is 4.76. The minimum atomic E-state index is 0.339. The van der Waals surface area contributed by atoms with Crippen LogP contribution in [-0.2, 0) is 11.2 Å². The van der Waals surface area contributed by atoms with Crippen LogP contribution in [0.3, 0.4) is 0 Å². The van der Waals surface area contributed by atoms with E-state index < -0.39 is 0 Å². The van der Waals surface area contributed by atoms with Crippen molar-refractivity contribution in [1.29, 1.82) is 0 Å². The number of nitrogens with zero attached hydrogens (tertiary/aromatic N) is 1. The number of carbonyl (C=O) groups excluding carboxylic acids is 1. The predicted molar refractivity (Wildman–Crippen MR) is 87.9 cm³/mol. The first-order chi connectivity index (χ1) is 10.1. The van der Waals surface area contributed by atoms with Gasteiger partial charge in [-0.15, -0.1) is 0 Å². The number of nitrogens with two attached hydrogens (primary N) is 1. The van der Waals surface area contributed by atoms with Gasteiger partial charge in [0, 0.05) is 25.2 Å². The lowest BCUT2D eigenvalue weighted by molar-refractivity contribution is -0.130. The quantitative estimate of drug-likeness (QED) is 0.843. The molecule has 1 atom stereocenters. The van der Waals surface area contributed by atoms with Gasteiger partial charge in [0.2, 0.25) is 5.91 Å². The predicted octanol–water partition coefficient (Wildman–Crippen LogP) is 3.49. The van der Waals surface area contributed by atoms with E-state index in [-0.39, 0.29) is 0 Å². The van der Waals surface area contributed by atoms with Gasteiger partial charge in [0.05, 0.1) is 0 Å². The van der Waals surface area contributed by atoms with Crippen LogP contribution in [0.25, 0.3) is 0 Å². The van der Waals surface area contributed by atoms with Crippen LogP contribution in [0.2, 0.25) is 0 Å². The van der Waals surface area contributed by atoms with Crippen molar-refractivity contribution in [3.05, 3.63) is 29.8 Å². The smallest absolute Gasteiger partial charge is 0.222 e. The summed E-state index contributed by atoms with van der Waals surface area (Å²) in [5.41, 5.74) is 7.87. The van der Waals surface area contributed by atoms with Crippen molar-refractivity contribution in [1.82, 2.24) is 4.90 Å². The molecule has 1 saturated heterocycles. The van der Waals surface area contributed by atoms with Gasteiger partial charge < -0.3 is 10.6 Å². The SMILES string of the molecule is CC(C)C1CCC(=O)N(CCCc2cccc(N)c2)CC1. The normalized spacial score (nSPS) is 19.9. The van der Waals surface area contributed by atoms with E-state index >= 15 is 0 Å². The van der Waals surface area contributed by atoms with Gasteiger partial charge in [-0.05, 0) is 55.2 Å². The lowest BCUT2D eigenvalue weighted by Gasteiger charge is -2.21. The van der Waals surface area contributed by atoms with Crippen molar-refractivity contribution in [3.63, 3.8) is 0 Å². The Labute approximate surface area is 128 Å². The lowest BCUT2D eigenvalue weighted by atomic mass is 9.89. The Morgan fingerprint density at radius 3 is 2.86 bits per heavy atom. The van der Waals surface area contributed by atoms with E-state index in [1.807, 2.05) is 18.2 Å².